The van der Waals surface area contributed by atoms with Crippen LogP contribution in [-0.2, 0) is 0 Å². The van der Waals surface area contributed by atoms with Crippen LogP contribution in [0.3, 0.4) is 0 Å². The lowest BCUT2D eigenvalue weighted by atomic mass is 9.64. The highest BCUT2D eigenvalue weighted by Crippen LogP contribution is 2.48. The molecule has 3 aromatic rings. The van der Waals surface area contributed by atoms with E-state index in [-0.39, 0.29) is 23.9 Å². The van der Waals surface area contributed by atoms with E-state index in [1.807, 2.05) is 42.5 Å². The van der Waals surface area contributed by atoms with Crippen LogP contribution in [0.5, 0.6) is 0 Å². The lowest BCUT2D eigenvalue weighted by Gasteiger charge is -2.51. The van der Waals surface area contributed by atoms with Crippen molar-refractivity contribution in [2.24, 2.45) is 11.8 Å². The fraction of sp³-hybridized carbons (Fsp3) is 0.310. The Morgan fingerprint density at radius 3 is 1.87 bits per heavy atom. The van der Waals surface area contributed by atoms with Gasteiger partial charge in [0.25, 0.3) is 0 Å². The van der Waals surface area contributed by atoms with Gasteiger partial charge in [0.2, 0.25) is 0 Å². The van der Waals surface area contributed by atoms with Gasteiger partial charge in [0.1, 0.15) is 5.60 Å². The number of nitrogens with one attached hydrogen (secondary N) is 1. The second-order valence-corrected chi connectivity index (χ2v) is 8.57. The number of piperidine rings is 1. The lowest BCUT2D eigenvalue weighted by molar-refractivity contribution is -0.0749. The Labute approximate surface area is 186 Å². The second kappa shape index (κ2) is 9.52. The van der Waals surface area contributed by atoms with Gasteiger partial charge >= 0.3 is 0 Å². The van der Waals surface area contributed by atoms with Crippen molar-refractivity contribution in [3.8, 4) is 11.8 Å². The van der Waals surface area contributed by atoms with Gasteiger partial charge in [0.05, 0.1) is 0 Å². The van der Waals surface area contributed by atoms with Crippen LogP contribution in [0.1, 0.15) is 55.5 Å². The number of hydrogen-bond acceptors (Lipinski definition) is 2. The van der Waals surface area contributed by atoms with Gasteiger partial charge in [-0.15, -0.1) is 0 Å². The zero-order chi connectivity index (χ0) is 21.7. The summed E-state index contributed by atoms with van der Waals surface area (Å²) >= 11 is 0. The number of rotatable bonds is 4. The highest BCUT2D eigenvalue weighted by atomic mass is 16.3. The molecule has 0 aromatic heterocycles. The summed E-state index contributed by atoms with van der Waals surface area (Å²) in [6, 6.07) is 30.9. The van der Waals surface area contributed by atoms with Crippen LogP contribution in [0, 0.1) is 23.7 Å². The van der Waals surface area contributed by atoms with E-state index in [9.17, 15) is 5.11 Å². The maximum Gasteiger partial charge on any atom is 0.134 e. The van der Waals surface area contributed by atoms with Crippen molar-refractivity contribution in [2.75, 3.05) is 0 Å². The van der Waals surface area contributed by atoms with Crippen molar-refractivity contribution < 1.29 is 5.11 Å². The second-order valence-electron chi connectivity index (χ2n) is 8.57. The summed E-state index contributed by atoms with van der Waals surface area (Å²) in [6.07, 6.45) is 1.89. The van der Waals surface area contributed by atoms with Crippen molar-refractivity contribution in [2.45, 2.75) is 44.4 Å². The Hall–Kier alpha value is -2.86. The molecule has 1 fully saturated rings. The third-order valence-electron chi connectivity index (χ3n) is 6.62. The summed E-state index contributed by atoms with van der Waals surface area (Å²) in [6.45, 7) is 4.31. The standard InChI is InChI=1S/C29H31NO/c1-3-13-26-28(25-18-11-6-12-19-25)30-27(24-16-9-5-10-17-24)22(2)29(26,31)21-20-23-14-7-4-8-15-23/h4-12,14-19,22,26-28,30-31H,3,13H2,1-2H3/t22-,26+,27-,28+,29+/m0/s1. The molecular weight excluding hydrogens is 378 g/mol. The lowest BCUT2D eigenvalue weighted by Crippen LogP contribution is -2.58. The molecule has 158 valence electrons. The van der Waals surface area contributed by atoms with Crippen LogP contribution in [0.2, 0.25) is 0 Å². The van der Waals surface area contributed by atoms with E-state index < -0.39 is 5.60 Å². The Kier molecular flexibility index (Phi) is 6.56. The molecule has 1 aliphatic heterocycles. The van der Waals surface area contributed by atoms with Gasteiger partial charge in [0, 0.05) is 29.5 Å². The molecule has 2 N–H and O–H groups in total. The summed E-state index contributed by atoms with van der Waals surface area (Å²) in [5, 5.41) is 16.1. The van der Waals surface area contributed by atoms with E-state index in [2.05, 4.69) is 79.5 Å². The molecule has 0 aliphatic carbocycles. The zero-order valence-electron chi connectivity index (χ0n) is 18.3. The minimum absolute atomic E-state index is 0.00826. The van der Waals surface area contributed by atoms with E-state index >= 15 is 0 Å². The smallest absolute Gasteiger partial charge is 0.134 e. The molecular formula is C29H31NO. The normalized spacial score (nSPS) is 27.8. The van der Waals surface area contributed by atoms with E-state index in [1.54, 1.807) is 0 Å². The van der Waals surface area contributed by atoms with Crippen LogP contribution in [0.25, 0.3) is 0 Å². The third kappa shape index (κ3) is 4.44. The molecule has 3 aromatic carbocycles. The van der Waals surface area contributed by atoms with Crippen molar-refractivity contribution in [1.82, 2.24) is 5.32 Å². The molecule has 0 spiro atoms. The summed E-state index contributed by atoms with van der Waals surface area (Å²) in [7, 11) is 0. The Bertz CT molecular complexity index is 1020. The predicted molar refractivity (Wildman–Crippen MR) is 127 cm³/mol. The Balaban J connectivity index is 1.82. The number of aliphatic hydroxyl groups is 1. The SMILES string of the molecule is CCC[C@@H]1[C@@H](c2ccccc2)N[C@H](c2ccccc2)[C@H](C)[C@]1(O)C#Cc1ccccc1. The summed E-state index contributed by atoms with van der Waals surface area (Å²) < 4.78 is 0. The average Bonchev–Trinajstić information content (AvgIpc) is 2.83. The van der Waals surface area contributed by atoms with Crippen molar-refractivity contribution in [1.29, 1.82) is 0 Å². The molecule has 1 saturated heterocycles. The highest BCUT2D eigenvalue weighted by Gasteiger charge is 2.52. The first kappa shape index (κ1) is 21.4. The maximum atomic E-state index is 12.2. The van der Waals surface area contributed by atoms with Crippen LogP contribution < -0.4 is 5.32 Å². The molecule has 31 heavy (non-hydrogen) atoms. The van der Waals surface area contributed by atoms with Gasteiger partial charge < -0.3 is 10.4 Å². The zero-order valence-corrected chi connectivity index (χ0v) is 18.3. The van der Waals surface area contributed by atoms with Crippen molar-refractivity contribution in [3.63, 3.8) is 0 Å². The molecule has 4 rings (SSSR count). The molecule has 1 aliphatic rings. The quantitative estimate of drug-likeness (QED) is 0.525. The van der Waals surface area contributed by atoms with Crippen LogP contribution in [0.4, 0.5) is 0 Å². The number of hydrogen-bond donors (Lipinski definition) is 2. The van der Waals surface area contributed by atoms with Gasteiger partial charge in [-0.25, -0.2) is 0 Å². The molecule has 0 saturated carbocycles. The average molecular weight is 410 g/mol. The summed E-state index contributed by atoms with van der Waals surface area (Å²) in [5.41, 5.74) is 2.21. The summed E-state index contributed by atoms with van der Waals surface area (Å²) in [5.74, 6) is 6.58. The monoisotopic (exact) mass is 409 g/mol. The molecule has 1 heterocycles. The van der Waals surface area contributed by atoms with E-state index in [0.29, 0.717) is 0 Å². The molecule has 0 unspecified atom stereocenters. The molecule has 0 radical (unpaired) electrons. The molecule has 0 amide bonds. The first-order valence-electron chi connectivity index (χ1n) is 11.3. The molecule has 0 bridgehead atoms. The third-order valence-corrected chi connectivity index (χ3v) is 6.62. The topological polar surface area (TPSA) is 32.3 Å². The fourth-order valence-corrected chi connectivity index (χ4v) is 4.93. The van der Waals surface area contributed by atoms with Crippen molar-refractivity contribution >= 4 is 0 Å². The summed E-state index contributed by atoms with van der Waals surface area (Å²) in [4.78, 5) is 0. The predicted octanol–water partition coefficient (Wildman–Crippen LogP) is 5.91. The fourth-order valence-electron chi connectivity index (χ4n) is 4.93. The van der Waals surface area contributed by atoms with Crippen molar-refractivity contribution in [3.05, 3.63) is 108 Å². The van der Waals surface area contributed by atoms with Crippen LogP contribution in [0.15, 0.2) is 91.0 Å². The number of benzene rings is 3. The molecule has 2 heteroatoms. The van der Waals surface area contributed by atoms with Gasteiger partial charge in [-0.05, 0) is 29.7 Å². The van der Waals surface area contributed by atoms with Gasteiger partial charge in [-0.3, -0.25) is 0 Å². The van der Waals surface area contributed by atoms with Gasteiger partial charge in [0.15, 0.2) is 0 Å². The van der Waals surface area contributed by atoms with Gasteiger partial charge in [-0.2, -0.15) is 0 Å². The Morgan fingerprint density at radius 1 is 0.806 bits per heavy atom. The Morgan fingerprint density at radius 2 is 1.32 bits per heavy atom. The first-order chi connectivity index (χ1) is 15.1. The minimum atomic E-state index is -1.11. The van der Waals surface area contributed by atoms with Gasteiger partial charge in [-0.1, -0.05) is 111 Å². The van der Waals surface area contributed by atoms with Crippen LogP contribution >= 0.6 is 0 Å². The molecule has 2 nitrogen and oxygen atoms in total. The highest BCUT2D eigenvalue weighted by molar-refractivity contribution is 5.39. The first-order valence-corrected chi connectivity index (χ1v) is 11.3. The maximum absolute atomic E-state index is 12.2. The largest absolute Gasteiger partial charge is 0.377 e. The van der Waals surface area contributed by atoms with Crippen LogP contribution in [-0.4, -0.2) is 10.7 Å². The molecule has 5 atom stereocenters. The minimum Gasteiger partial charge on any atom is -0.377 e. The van der Waals surface area contributed by atoms with E-state index in [0.717, 1.165) is 18.4 Å². The van der Waals surface area contributed by atoms with E-state index in [1.165, 1.54) is 11.1 Å². The van der Waals surface area contributed by atoms with E-state index in [4.69, 9.17) is 0 Å².